The van der Waals surface area contributed by atoms with E-state index in [0.717, 1.165) is 0 Å². The van der Waals surface area contributed by atoms with Gasteiger partial charge in [0.05, 0.1) is 6.20 Å². The molecule has 3 heterocycles. The summed E-state index contributed by atoms with van der Waals surface area (Å²) in [6.07, 6.45) is 3.04. The van der Waals surface area contributed by atoms with Crippen LogP contribution in [0.2, 0.25) is 0 Å². The molecule has 0 radical (unpaired) electrons. The van der Waals surface area contributed by atoms with Gasteiger partial charge in [-0.05, 0) is 30.5 Å². The molecule has 6 heteroatoms. The molecule has 0 aromatic carbocycles. The molecule has 2 unspecified atom stereocenters. The molecule has 1 fully saturated rings. The van der Waals surface area contributed by atoms with Crippen LogP contribution >= 0.6 is 0 Å². The number of likely N-dealkylation sites (tertiary alicyclic amines) is 1. The predicted molar refractivity (Wildman–Crippen MR) is 72.8 cm³/mol. The summed E-state index contributed by atoms with van der Waals surface area (Å²) in [7, 11) is 0. The minimum Gasteiger partial charge on any atom is -0.335 e. The maximum Gasteiger partial charge on any atom is 0.290 e. The first-order valence-electron chi connectivity index (χ1n) is 6.72. The SMILES string of the molecule is CC1CN(C(=O)c2ncc3c(F)cccn23)CC1CN. The van der Waals surface area contributed by atoms with Crippen molar-refractivity contribution in [3.8, 4) is 0 Å². The normalized spacial score (nSPS) is 22.6. The van der Waals surface area contributed by atoms with Crippen LogP contribution in [0.25, 0.3) is 5.52 Å². The number of aromatic nitrogens is 2. The van der Waals surface area contributed by atoms with Gasteiger partial charge in [-0.25, -0.2) is 9.37 Å². The number of carbonyl (C=O) groups is 1. The second kappa shape index (κ2) is 4.86. The lowest BCUT2D eigenvalue weighted by molar-refractivity contribution is 0.0772. The van der Waals surface area contributed by atoms with Crippen molar-refractivity contribution in [1.29, 1.82) is 0 Å². The Labute approximate surface area is 116 Å². The van der Waals surface area contributed by atoms with Gasteiger partial charge in [0.15, 0.2) is 0 Å². The van der Waals surface area contributed by atoms with E-state index in [-0.39, 0.29) is 17.5 Å². The summed E-state index contributed by atoms with van der Waals surface area (Å²) in [5, 5.41) is 0. The van der Waals surface area contributed by atoms with E-state index in [9.17, 15) is 9.18 Å². The number of halogens is 1. The third kappa shape index (κ3) is 1.96. The van der Waals surface area contributed by atoms with Crippen LogP contribution in [-0.2, 0) is 0 Å². The number of nitrogens with two attached hydrogens (primary N) is 1. The van der Waals surface area contributed by atoms with Gasteiger partial charge >= 0.3 is 0 Å². The molecule has 1 saturated heterocycles. The lowest BCUT2D eigenvalue weighted by Gasteiger charge is -2.15. The zero-order valence-corrected chi connectivity index (χ0v) is 11.3. The average Bonchev–Trinajstić information content (AvgIpc) is 3.02. The smallest absolute Gasteiger partial charge is 0.290 e. The van der Waals surface area contributed by atoms with E-state index >= 15 is 0 Å². The summed E-state index contributed by atoms with van der Waals surface area (Å²) in [6, 6.07) is 2.92. The molecule has 5 nitrogen and oxygen atoms in total. The number of imidazole rings is 1. The number of fused-ring (bicyclic) bond motifs is 1. The van der Waals surface area contributed by atoms with Crippen LogP contribution in [0.1, 0.15) is 17.5 Å². The fourth-order valence-corrected chi connectivity index (χ4v) is 2.79. The number of hydrogen-bond donors (Lipinski definition) is 1. The molecule has 0 aliphatic carbocycles. The standard InChI is InChI=1S/C14H17FN4O/c1-9-7-18(8-10(9)5-16)14(20)13-17-6-12-11(15)3-2-4-19(12)13/h2-4,6,9-10H,5,7-8,16H2,1H3. The molecule has 0 spiro atoms. The molecule has 3 rings (SSSR count). The van der Waals surface area contributed by atoms with E-state index in [1.165, 1.54) is 16.7 Å². The van der Waals surface area contributed by atoms with Crippen LogP contribution in [0, 0.1) is 17.7 Å². The van der Waals surface area contributed by atoms with Gasteiger partial charge < -0.3 is 10.6 Å². The monoisotopic (exact) mass is 276 g/mol. The quantitative estimate of drug-likeness (QED) is 0.894. The molecular weight excluding hydrogens is 259 g/mol. The van der Waals surface area contributed by atoms with E-state index in [1.807, 2.05) is 0 Å². The van der Waals surface area contributed by atoms with Gasteiger partial charge in [-0.1, -0.05) is 6.92 Å². The molecular formula is C14H17FN4O. The molecule has 106 valence electrons. The third-order valence-corrected chi connectivity index (χ3v) is 4.07. The number of pyridine rings is 1. The highest BCUT2D eigenvalue weighted by molar-refractivity contribution is 5.92. The van der Waals surface area contributed by atoms with Crippen molar-refractivity contribution in [3.63, 3.8) is 0 Å². The van der Waals surface area contributed by atoms with Gasteiger partial charge in [0, 0.05) is 19.3 Å². The van der Waals surface area contributed by atoms with Crippen LogP contribution in [-0.4, -0.2) is 39.8 Å². The van der Waals surface area contributed by atoms with Crippen molar-refractivity contribution >= 4 is 11.4 Å². The Kier molecular flexibility index (Phi) is 3.17. The number of rotatable bonds is 2. The second-order valence-electron chi connectivity index (χ2n) is 5.38. The number of amides is 1. The van der Waals surface area contributed by atoms with Gasteiger partial charge in [-0.2, -0.15) is 0 Å². The summed E-state index contributed by atoms with van der Waals surface area (Å²) in [4.78, 5) is 18.3. The van der Waals surface area contributed by atoms with Gasteiger partial charge in [-0.3, -0.25) is 9.20 Å². The fraction of sp³-hybridized carbons (Fsp3) is 0.429. The molecule has 1 aliphatic heterocycles. The van der Waals surface area contributed by atoms with Crippen molar-refractivity contribution in [2.24, 2.45) is 17.6 Å². The first kappa shape index (κ1) is 13.1. The molecule has 0 bridgehead atoms. The molecule has 1 aliphatic rings. The largest absolute Gasteiger partial charge is 0.335 e. The third-order valence-electron chi connectivity index (χ3n) is 4.07. The average molecular weight is 276 g/mol. The summed E-state index contributed by atoms with van der Waals surface area (Å²) >= 11 is 0. The Balaban J connectivity index is 1.92. The summed E-state index contributed by atoms with van der Waals surface area (Å²) in [5.41, 5.74) is 6.03. The topological polar surface area (TPSA) is 63.6 Å². The maximum absolute atomic E-state index is 13.6. The lowest BCUT2D eigenvalue weighted by Crippen LogP contribution is -2.31. The predicted octanol–water partition coefficient (Wildman–Crippen LogP) is 1.14. The fourth-order valence-electron chi connectivity index (χ4n) is 2.79. The Morgan fingerprint density at radius 3 is 3.05 bits per heavy atom. The molecule has 2 N–H and O–H groups in total. The number of carbonyl (C=O) groups excluding carboxylic acids is 1. The van der Waals surface area contributed by atoms with Crippen molar-refractivity contribution in [2.75, 3.05) is 19.6 Å². The van der Waals surface area contributed by atoms with Gasteiger partial charge in [0.25, 0.3) is 5.91 Å². The minimum atomic E-state index is -0.381. The summed E-state index contributed by atoms with van der Waals surface area (Å²) < 4.78 is 15.1. The molecule has 2 atom stereocenters. The van der Waals surface area contributed by atoms with Crippen molar-refractivity contribution in [2.45, 2.75) is 6.92 Å². The second-order valence-corrected chi connectivity index (χ2v) is 5.38. The highest BCUT2D eigenvalue weighted by Crippen LogP contribution is 2.23. The van der Waals surface area contributed by atoms with Crippen LogP contribution in [0.3, 0.4) is 0 Å². The van der Waals surface area contributed by atoms with Crippen LogP contribution in [0.5, 0.6) is 0 Å². The molecule has 2 aromatic rings. The Morgan fingerprint density at radius 1 is 1.55 bits per heavy atom. The van der Waals surface area contributed by atoms with Crippen molar-refractivity contribution in [3.05, 3.63) is 36.2 Å². The van der Waals surface area contributed by atoms with Crippen LogP contribution in [0.4, 0.5) is 4.39 Å². The van der Waals surface area contributed by atoms with Gasteiger partial charge in [-0.15, -0.1) is 0 Å². The molecule has 1 amide bonds. The van der Waals surface area contributed by atoms with E-state index in [4.69, 9.17) is 5.73 Å². The summed E-state index contributed by atoms with van der Waals surface area (Å²) in [6.45, 7) is 3.97. The highest BCUT2D eigenvalue weighted by Gasteiger charge is 2.33. The van der Waals surface area contributed by atoms with Crippen LogP contribution in [0.15, 0.2) is 24.5 Å². The van der Waals surface area contributed by atoms with Crippen molar-refractivity contribution in [1.82, 2.24) is 14.3 Å². The zero-order valence-electron chi connectivity index (χ0n) is 11.3. The Morgan fingerprint density at radius 2 is 2.35 bits per heavy atom. The summed E-state index contributed by atoms with van der Waals surface area (Å²) in [5.74, 6) is 0.408. The molecule has 2 aromatic heterocycles. The van der Waals surface area contributed by atoms with E-state index in [0.29, 0.717) is 37.0 Å². The first-order chi connectivity index (χ1) is 9.61. The van der Waals surface area contributed by atoms with Gasteiger partial charge in [0.2, 0.25) is 5.82 Å². The Bertz CT molecular complexity index is 654. The molecule has 20 heavy (non-hydrogen) atoms. The first-order valence-corrected chi connectivity index (χ1v) is 6.72. The van der Waals surface area contributed by atoms with Crippen molar-refractivity contribution < 1.29 is 9.18 Å². The minimum absolute atomic E-state index is 0.168. The highest BCUT2D eigenvalue weighted by atomic mass is 19.1. The van der Waals surface area contributed by atoms with E-state index in [2.05, 4.69) is 11.9 Å². The Hall–Kier alpha value is -1.95. The zero-order chi connectivity index (χ0) is 14.3. The number of nitrogens with zero attached hydrogens (tertiary/aromatic N) is 3. The lowest BCUT2D eigenvalue weighted by atomic mass is 9.99. The van der Waals surface area contributed by atoms with Gasteiger partial charge in [0.1, 0.15) is 11.3 Å². The molecule has 0 saturated carbocycles. The number of hydrogen-bond acceptors (Lipinski definition) is 3. The maximum atomic E-state index is 13.6. The van der Waals surface area contributed by atoms with E-state index in [1.54, 1.807) is 17.2 Å². The van der Waals surface area contributed by atoms with Crippen LogP contribution < -0.4 is 5.73 Å². The van der Waals surface area contributed by atoms with E-state index < -0.39 is 0 Å².